The van der Waals surface area contributed by atoms with Crippen molar-refractivity contribution in [1.82, 2.24) is 0 Å². The van der Waals surface area contributed by atoms with E-state index >= 15 is 0 Å². The van der Waals surface area contributed by atoms with E-state index in [1.807, 2.05) is 39.8 Å². The van der Waals surface area contributed by atoms with E-state index in [4.69, 9.17) is 0 Å². The first-order valence-electron chi connectivity index (χ1n) is 5.93. The normalized spacial score (nSPS) is 25.9. The largest absolute Gasteiger partial charge is 0.390 e. The summed E-state index contributed by atoms with van der Waals surface area (Å²) in [4.78, 5) is 11.1. The third-order valence-corrected chi connectivity index (χ3v) is 3.73. The zero-order valence-corrected chi connectivity index (χ0v) is 10.7. The molecule has 3 heteroatoms. The molecular weight excluding hydrogens is 214 g/mol. The van der Waals surface area contributed by atoms with Gasteiger partial charge in [0.1, 0.15) is 6.29 Å². The molecule has 2 N–H and O–H groups in total. The summed E-state index contributed by atoms with van der Waals surface area (Å²) in [5.41, 5.74) is 3.33. The lowest BCUT2D eigenvalue weighted by Gasteiger charge is -2.43. The Hall–Kier alpha value is -1.35. The summed E-state index contributed by atoms with van der Waals surface area (Å²) in [7, 11) is 0. The van der Waals surface area contributed by atoms with Crippen LogP contribution in [0.5, 0.6) is 0 Å². The van der Waals surface area contributed by atoms with Gasteiger partial charge in [0.25, 0.3) is 0 Å². The van der Waals surface area contributed by atoms with Gasteiger partial charge < -0.3 is 10.4 Å². The average molecular weight is 233 g/mol. The van der Waals surface area contributed by atoms with E-state index in [2.05, 4.69) is 5.32 Å². The molecule has 3 nitrogen and oxygen atoms in total. The molecule has 2 rings (SSSR count). The van der Waals surface area contributed by atoms with E-state index in [1.165, 1.54) is 0 Å². The number of rotatable bonds is 1. The molecule has 0 unspecified atom stereocenters. The van der Waals surface area contributed by atoms with Crippen molar-refractivity contribution in [2.45, 2.75) is 45.3 Å². The van der Waals surface area contributed by atoms with Gasteiger partial charge in [-0.3, -0.25) is 4.79 Å². The summed E-state index contributed by atoms with van der Waals surface area (Å²) in [6, 6.07) is 3.76. The molecule has 1 aromatic rings. The molecule has 1 aliphatic rings. The van der Waals surface area contributed by atoms with Crippen LogP contribution >= 0.6 is 0 Å². The standard InChI is InChI=1S/C14H19NO2/c1-8-5-6-10(7-16)11-9(2)13(17)14(3,4)15-12(8)11/h5-7,9,13,15,17H,1-4H3/t9-,13+/m0/s1. The zero-order chi connectivity index (χ0) is 12.8. The summed E-state index contributed by atoms with van der Waals surface area (Å²) in [6.07, 6.45) is 0.358. The molecule has 0 aromatic heterocycles. The number of anilines is 1. The Morgan fingerprint density at radius 3 is 2.65 bits per heavy atom. The first-order chi connectivity index (χ1) is 7.88. The lowest BCUT2D eigenvalue weighted by Crippen LogP contribution is -2.50. The van der Waals surface area contributed by atoms with Gasteiger partial charge >= 0.3 is 0 Å². The molecule has 1 aliphatic heterocycles. The van der Waals surface area contributed by atoms with Crippen LogP contribution < -0.4 is 5.32 Å². The van der Waals surface area contributed by atoms with Gasteiger partial charge in [0.05, 0.1) is 11.6 Å². The fourth-order valence-corrected chi connectivity index (χ4v) is 2.68. The molecule has 0 radical (unpaired) electrons. The van der Waals surface area contributed by atoms with Gasteiger partial charge in [-0.15, -0.1) is 0 Å². The number of hydrogen-bond acceptors (Lipinski definition) is 3. The molecule has 0 bridgehead atoms. The van der Waals surface area contributed by atoms with Gasteiger partial charge in [0.2, 0.25) is 0 Å². The maximum absolute atomic E-state index is 11.1. The molecule has 17 heavy (non-hydrogen) atoms. The van der Waals surface area contributed by atoms with Crippen LogP contribution in [-0.2, 0) is 0 Å². The van der Waals surface area contributed by atoms with Crippen molar-refractivity contribution >= 4 is 12.0 Å². The molecule has 1 aromatic carbocycles. The second-order valence-corrected chi connectivity index (χ2v) is 5.46. The first kappa shape index (κ1) is 12.1. The predicted molar refractivity (Wildman–Crippen MR) is 68.7 cm³/mol. The van der Waals surface area contributed by atoms with Crippen molar-refractivity contribution in [2.75, 3.05) is 5.32 Å². The van der Waals surface area contributed by atoms with E-state index in [1.54, 1.807) is 0 Å². The zero-order valence-electron chi connectivity index (χ0n) is 10.7. The smallest absolute Gasteiger partial charge is 0.150 e. The van der Waals surface area contributed by atoms with E-state index in [-0.39, 0.29) is 11.5 Å². The molecule has 2 atom stereocenters. The second-order valence-electron chi connectivity index (χ2n) is 5.46. The van der Waals surface area contributed by atoms with Gasteiger partial charge in [0.15, 0.2) is 0 Å². The number of carbonyl (C=O) groups is 1. The van der Waals surface area contributed by atoms with Crippen LogP contribution in [0.2, 0.25) is 0 Å². The van der Waals surface area contributed by atoms with E-state index in [0.29, 0.717) is 5.56 Å². The second kappa shape index (κ2) is 3.84. The summed E-state index contributed by atoms with van der Waals surface area (Å²) in [5, 5.41) is 13.6. The number of aliphatic hydroxyl groups excluding tert-OH is 1. The van der Waals surface area contributed by atoms with E-state index in [9.17, 15) is 9.90 Å². The Bertz CT molecular complexity index is 466. The van der Waals surface area contributed by atoms with Crippen LogP contribution in [0.1, 0.15) is 48.2 Å². The maximum atomic E-state index is 11.1. The van der Waals surface area contributed by atoms with Crippen molar-refractivity contribution in [2.24, 2.45) is 0 Å². The van der Waals surface area contributed by atoms with Gasteiger partial charge in [0, 0.05) is 17.2 Å². The number of aryl methyl sites for hydroxylation is 1. The van der Waals surface area contributed by atoms with Crippen molar-refractivity contribution in [1.29, 1.82) is 0 Å². The number of fused-ring (bicyclic) bond motifs is 1. The van der Waals surface area contributed by atoms with Gasteiger partial charge in [-0.05, 0) is 31.9 Å². The van der Waals surface area contributed by atoms with Crippen LogP contribution in [0.15, 0.2) is 12.1 Å². The minimum atomic E-state index is -0.504. The number of carbonyl (C=O) groups excluding carboxylic acids is 1. The number of hydrogen-bond donors (Lipinski definition) is 2. The highest BCUT2D eigenvalue weighted by Crippen LogP contribution is 2.41. The molecule has 0 aliphatic carbocycles. The van der Waals surface area contributed by atoms with Crippen molar-refractivity contribution < 1.29 is 9.90 Å². The first-order valence-corrected chi connectivity index (χ1v) is 5.93. The molecule has 0 fully saturated rings. The minimum absolute atomic E-state index is 0.0404. The quantitative estimate of drug-likeness (QED) is 0.733. The summed E-state index contributed by atoms with van der Waals surface area (Å²) >= 11 is 0. The predicted octanol–water partition coefficient (Wildman–Crippen LogP) is 2.48. The fraction of sp³-hybridized carbons (Fsp3) is 0.500. The van der Waals surface area contributed by atoms with Crippen LogP contribution in [-0.4, -0.2) is 23.0 Å². The van der Waals surface area contributed by atoms with Gasteiger partial charge in [-0.25, -0.2) is 0 Å². The molecule has 0 saturated heterocycles. The Morgan fingerprint density at radius 2 is 2.06 bits per heavy atom. The molecule has 1 heterocycles. The van der Waals surface area contributed by atoms with Crippen LogP contribution in [0.25, 0.3) is 0 Å². The molecule has 0 spiro atoms. The van der Waals surface area contributed by atoms with Crippen LogP contribution in [0, 0.1) is 6.92 Å². The lowest BCUT2D eigenvalue weighted by atomic mass is 9.76. The lowest BCUT2D eigenvalue weighted by molar-refractivity contribution is 0.0862. The number of aldehydes is 1. The Kier molecular flexibility index (Phi) is 2.74. The van der Waals surface area contributed by atoms with E-state index < -0.39 is 6.10 Å². The van der Waals surface area contributed by atoms with Gasteiger partial charge in [-0.1, -0.05) is 19.1 Å². The molecule has 92 valence electrons. The summed E-state index contributed by atoms with van der Waals surface area (Å²) in [5.74, 6) is -0.0404. The monoisotopic (exact) mass is 233 g/mol. The third-order valence-electron chi connectivity index (χ3n) is 3.73. The minimum Gasteiger partial charge on any atom is -0.390 e. The Labute approximate surface area is 102 Å². The van der Waals surface area contributed by atoms with E-state index in [0.717, 1.165) is 23.1 Å². The highest BCUT2D eigenvalue weighted by atomic mass is 16.3. The summed E-state index contributed by atoms with van der Waals surface area (Å²) in [6.45, 7) is 7.94. The van der Waals surface area contributed by atoms with Crippen molar-refractivity contribution in [3.63, 3.8) is 0 Å². The Balaban J connectivity index is 2.67. The number of nitrogens with one attached hydrogen (secondary N) is 1. The highest BCUT2D eigenvalue weighted by molar-refractivity contribution is 5.83. The fourth-order valence-electron chi connectivity index (χ4n) is 2.68. The Morgan fingerprint density at radius 1 is 1.41 bits per heavy atom. The number of aliphatic hydroxyl groups is 1. The SMILES string of the molecule is Cc1ccc(C=O)c2c1NC(C)(C)[C@H](O)[C@H]2C. The number of benzene rings is 1. The topological polar surface area (TPSA) is 49.3 Å². The highest BCUT2D eigenvalue weighted by Gasteiger charge is 2.39. The van der Waals surface area contributed by atoms with Crippen LogP contribution in [0.3, 0.4) is 0 Å². The molecular formula is C14H19NO2. The average Bonchev–Trinajstić information content (AvgIpc) is 2.28. The van der Waals surface area contributed by atoms with Gasteiger partial charge in [-0.2, -0.15) is 0 Å². The maximum Gasteiger partial charge on any atom is 0.150 e. The molecule has 0 saturated carbocycles. The van der Waals surface area contributed by atoms with Crippen molar-refractivity contribution in [3.05, 3.63) is 28.8 Å². The summed E-state index contributed by atoms with van der Waals surface area (Å²) < 4.78 is 0. The molecule has 0 amide bonds. The third kappa shape index (κ3) is 1.75. The van der Waals surface area contributed by atoms with Crippen LogP contribution in [0.4, 0.5) is 5.69 Å². The van der Waals surface area contributed by atoms with Crippen molar-refractivity contribution in [3.8, 4) is 0 Å².